The van der Waals surface area contributed by atoms with Crippen LogP contribution in [0.3, 0.4) is 0 Å². The first-order valence-corrected chi connectivity index (χ1v) is 9.84. The van der Waals surface area contributed by atoms with Gasteiger partial charge in [-0.2, -0.15) is 0 Å². The van der Waals surface area contributed by atoms with Crippen molar-refractivity contribution in [3.8, 4) is 0 Å². The Kier molecular flexibility index (Phi) is 11.0. The normalized spacial score (nSPS) is 13.9. The van der Waals surface area contributed by atoms with Gasteiger partial charge in [0.1, 0.15) is 0 Å². The molecule has 3 nitrogen and oxygen atoms in total. The van der Waals surface area contributed by atoms with Gasteiger partial charge in [0.05, 0.1) is 12.4 Å². The third kappa shape index (κ3) is 13.0. The zero-order valence-corrected chi connectivity index (χ0v) is 14.1. The minimum atomic E-state index is -3.43. The Morgan fingerprint density at radius 1 is 1.05 bits per heavy atom. The van der Waals surface area contributed by atoms with E-state index in [9.17, 15) is 8.42 Å². The summed E-state index contributed by atoms with van der Waals surface area (Å²) in [5, 5.41) is 0. The molecule has 1 unspecified atom stereocenters. The number of unbranched alkanes of at least 4 members (excludes halogenated alkanes) is 5. The van der Waals surface area contributed by atoms with E-state index in [1.54, 1.807) is 0 Å². The van der Waals surface area contributed by atoms with E-state index in [0.717, 1.165) is 13.0 Å². The molecule has 0 aromatic carbocycles. The molecule has 116 valence electrons. The topological polar surface area (TPSA) is 43.4 Å². The molecule has 0 heterocycles. The second-order valence-electron chi connectivity index (χ2n) is 5.55. The lowest BCUT2D eigenvalue weighted by Gasteiger charge is -2.19. The number of hydrogen-bond donors (Lipinski definition) is 0. The average Bonchev–Trinajstić information content (AvgIpc) is 2.29. The summed E-state index contributed by atoms with van der Waals surface area (Å²) in [5.74, 6) is 0.253. The summed E-state index contributed by atoms with van der Waals surface area (Å²) < 4.78 is 27.8. The van der Waals surface area contributed by atoms with Gasteiger partial charge < -0.3 is 4.74 Å². The molecule has 0 fully saturated rings. The average molecular weight is 313 g/mol. The van der Waals surface area contributed by atoms with Gasteiger partial charge in [0.15, 0.2) is 0 Å². The van der Waals surface area contributed by atoms with Gasteiger partial charge in [-0.05, 0) is 18.3 Å². The first-order valence-electron chi connectivity index (χ1n) is 7.37. The van der Waals surface area contributed by atoms with Gasteiger partial charge in [-0.25, -0.2) is 8.42 Å². The van der Waals surface area contributed by atoms with Crippen LogP contribution in [0.4, 0.5) is 0 Å². The van der Waals surface area contributed by atoms with Gasteiger partial charge in [-0.15, -0.1) is 0 Å². The lowest BCUT2D eigenvalue weighted by atomic mass is 9.99. The summed E-state index contributed by atoms with van der Waals surface area (Å²) >= 11 is 0. The Bertz CT molecular complexity index is 302. The molecule has 0 aliphatic rings. The Balaban J connectivity index is 3.65. The van der Waals surface area contributed by atoms with Crippen molar-refractivity contribution in [1.29, 1.82) is 0 Å². The smallest absolute Gasteiger partial charge is 0.232 e. The van der Waals surface area contributed by atoms with E-state index >= 15 is 0 Å². The molecule has 0 saturated carbocycles. The van der Waals surface area contributed by atoms with E-state index in [1.165, 1.54) is 32.1 Å². The van der Waals surface area contributed by atoms with Crippen molar-refractivity contribution in [2.45, 2.75) is 59.3 Å². The number of rotatable bonds is 12. The van der Waals surface area contributed by atoms with Crippen molar-refractivity contribution in [2.75, 3.05) is 19.0 Å². The molecule has 0 aromatic rings. The minimum absolute atomic E-state index is 0.00270. The van der Waals surface area contributed by atoms with Crippen molar-refractivity contribution < 1.29 is 13.2 Å². The van der Waals surface area contributed by atoms with Crippen LogP contribution in [-0.2, 0) is 13.8 Å². The molecular formula is C14H29ClO3S. The highest BCUT2D eigenvalue weighted by molar-refractivity contribution is 8.13. The van der Waals surface area contributed by atoms with Gasteiger partial charge in [0.2, 0.25) is 9.05 Å². The fraction of sp³-hybridized carbons (Fsp3) is 1.00. The van der Waals surface area contributed by atoms with E-state index < -0.39 is 9.05 Å². The first kappa shape index (κ1) is 19.2. The Morgan fingerprint density at radius 3 is 2.16 bits per heavy atom. The zero-order valence-electron chi connectivity index (χ0n) is 12.5. The highest BCUT2D eigenvalue weighted by Crippen LogP contribution is 2.16. The fourth-order valence-electron chi connectivity index (χ4n) is 1.91. The summed E-state index contributed by atoms with van der Waals surface area (Å²) in [4.78, 5) is 0. The number of hydrogen-bond acceptors (Lipinski definition) is 3. The van der Waals surface area contributed by atoms with Crippen molar-refractivity contribution in [3.05, 3.63) is 0 Å². The van der Waals surface area contributed by atoms with Crippen molar-refractivity contribution in [3.63, 3.8) is 0 Å². The zero-order chi connectivity index (χ0) is 14.7. The van der Waals surface area contributed by atoms with Gasteiger partial charge in [0.25, 0.3) is 0 Å². The molecule has 0 bridgehead atoms. The van der Waals surface area contributed by atoms with E-state index in [0.29, 0.717) is 6.61 Å². The molecule has 0 rings (SSSR count). The van der Waals surface area contributed by atoms with Gasteiger partial charge in [0, 0.05) is 17.3 Å². The Morgan fingerprint density at radius 2 is 1.63 bits per heavy atom. The molecule has 19 heavy (non-hydrogen) atoms. The molecule has 5 heteroatoms. The van der Waals surface area contributed by atoms with E-state index in [2.05, 4.69) is 6.92 Å². The maximum absolute atomic E-state index is 11.1. The second-order valence-corrected chi connectivity index (χ2v) is 8.37. The SMILES string of the molecule is CCCCCCCCOCC(CS(=O)(=O)Cl)C(C)C. The minimum Gasteiger partial charge on any atom is -0.381 e. The monoisotopic (exact) mass is 312 g/mol. The highest BCUT2D eigenvalue weighted by Gasteiger charge is 2.20. The van der Waals surface area contributed by atoms with Gasteiger partial charge in [-0.3, -0.25) is 0 Å². The molecule has 0 aliphatic heterocycles. The molecule has 1 atom stereocenters. The van der Waals surface area contributed by atoms with Gasteiger partial charge >= 0.3 is 0 Å². The van der Waals surface area contributed by atoms with Crippen LogP contribution in [0.15, 0.2) is 0 Å². The number of halogens is 1. The molecule has 0 radical (unpaired) electrons. The second kappa shape index (κ2) is 10.9. The lowest BCUT2D eigenvalue weighted by molar-refractivity contribution is 0.0879. The molecule has 0 aliphatic carbocycles. The molecule has 0 amide bonds. The number of ether oxygens (including phenoxy) is 1. The van der Waals surface area contributed by atoms with Gasteiger partial charge in [-0.1, -0.05) is 52.9 Å². The van der Waals surface area contributed by atoms with Crippen LogP contribution in [0.25, 0.3) is 0 Å². The van der Waals surface area contributed by atoms with E-state index in [1.807, 2.05) is 13.8 Å². The summed E-state index contributed by atoms with van der Waals surface area (Å²) in [6, 6.07) is 0. The lowest BCUT2D eigenvalue weighted by Crippen LogP contribution is -2.23. The fourth-order valence-corrected chi connectivity index (χ4v) is 3.39. The third-order valence-electron chi connectivity index (χ3n) is 3.33. The van der Waals surface area contributed by atoms with Crippen LogP contribution < -0.4 is 0 Å². The maximum atomic E-state index is 11.1. The Hall–Kier alpha value is 0.200. The van der Waals surface area contributed by atoms with E-state index in [4.69, 9.17) is 15.4 Å². The van der Waals surface area contributed by atoms with Crippen molar-refractivity contribution in [1.82, 2.24) is 0 Å². The molecule has 0 aromatic heterocycles. The van der Waals surface area contributed by atoms with Crippen LogP contribution in [0.2, 0.25) is 0 Å². The Labute approximate surface area is 123 Å². The van der Waals surface area contributed by atoms with Crippen LogP contribution >= 0.6 is 10.7 Å². The highest BCUT2D eigenvalue weighted by atomic mass is 35.7. The molecule has 0 spiro atoms. The third-order valence-corrected chi connectivity index (χ3v) is 4.53. The van der Waals surface area contributed by atoms with Crippen molar-refractivity contribution >= 4 is 19.7 Å². The molecular weight excluding hydrogens is 284 g/mol. The summed E-state index contributed by atoms with van der Waals surface area (Å²) in [7, 11) is 1.87. The summed E-state index contributed by atoms with van der Waals surface area (Å²) in [6.45, 7) is 7.41. The quantitative estimate of drug-likeness (QED) is 0.400. The van der Waals surface area contributed by atoms with Crippen LogP contribution in [0.1, 0.15) is 59.3 Å². The summed E-state index contributed by atoms with van der Waals surface area (Å²) in [5.41, 5.74) is 0. The maximum Gasteiger partial charge on any atom is 0.232 e. The molecule has 0 N–H and O–H groups in total. The van der Waals surface area contributed by atoms with E-state index in [-0.39, 0.29) is 17.6 Å². The van der Waals surface area contributed by atoms with Crippen LogP contribution in [0, 0.1) is 11.8 Å². The standard InChI is InChI=1S/C14H29ClO3S/c1-4-5-6-7-8-9-10-18-11-14(13(2)3)12-19(15,16)17/h13-14H,4-12H2,1-3H3. The summed E-state index contributed by atoms with van der Waals surface area (Å²) in [6.07, 6.45) is 7.39. The van der Waals surface area contributed by atoms with Crippen molar-refractivity contribution in [2.24, 2.45) is 11.8 Å². The van der Waals surface area contributed by atoms with Crippen LogP contribution in [0.5, 0.6) is 0 Å². The predicted molar refractivity (Wildman–Crippen MR) is 82.2 cm³/mol. The largest absolute Gasteiger partial charge is 0.381 e. The molecule has 0 saturated heterocycles. The first-order chi connectivity index (χ1) is 8.87. The predicted octanol–water partition coefficient (Wildman–Crippen LogP) is 4.20. The van der Waals surface area contributed by atoms with Crippen LogP contribution in [-0.4, -0.2) is 27.4 Å².